The van der Waals surface area contributed by atoms with Gasteiger partial charge >= 0.3 is 5.97 Å². The number of hydrogen-bond acceptors (Lipinski definition) is 4. The maximum atomic E-state index is 10.6. The van der Waals surface area contributed by atoms with E-state index in [1.54, 1.807) is 6.92 Å². The molecule has 0 saturated carbocycles. The molecule has 12 heavy (non-hydrogen) atoms. The molecule has 0 aliphatic rings. The number of nitrogens with two attached hydrogens (primary N) is 1. The number of hydrogen-bond donors (Lipinski definition) is 2. The van der Waals surface area contributed by atoms with Crippen LogP contribution in [0.5, 0.6) is 0 Å². The van der Waals surface area contributed by atoms with Crippen LogP contribution in [0.4, 0.5) is 0 Å². The Bertz CT molecular complexity index is 163. The molecule has 0 aliphatic carbocycles. The maximum Gasteiger partial charge on any atom is 0.304 e. The number of rotatable bonds is 3. The van der Waals surface area contributed by atoms with Gasteiger partial charge in [0, 0.05) is 6.92 Å². The van der Waals surface area contributed by atoms with E-state index >= 15 is 0 Å². The first kappa shape index (κ1) is 13.8. The van der Waals surface area contributed by atoms with Crippen molar-refractivity contribution in [3.63, 3.8) is 0 Å². The van der Waals surface area contributed by atoms with Crippen LogP contribution in [0.15, 0.2) is 0 Å². The lowest BCUT2D eigenvalue weighted by atomic mass is 10.5. The molecule has 0 aromatic heterocycles. The number of carbonyl (C=O) groups excluding carboxylic acids is 2. The Morgan fingerprint density at radius 3 is 2.42 bits per heavy atom. The van der Waals surface area contributed by atoms with Crippen LogP contribution in [0.25, 0.3) is 0 Å². The molecule has 0 bridgehead atoms. The molecule has 0 aromatic carbocycles. The summed E-state index contributed by atoms with van der Waals surface area (Å²) in [5.41, 5.74) is 5.00. The third-order valence-electron chi connectivity index (χ3n) is 0.892. The second kappa shape index (κ2) is 6.87. The topological polar surface area (TPSA) is 81.4 Å². The van der Waals surface area contributed by atoms with Crippen LogP contribution in [0.2, 0.25) is 0 Å². The number of ether oxygens (including phenoxy) is 1. The molecule has 0 heterocycles. The van der Waals surface area contributed by atoms with E-state index in [2.05, 4.69) is 10.1 Å². The predicted octanol–water partition coefficient (Wildman–Crippen LogP) is -0.608. The molecule has 0 rings (SSSR count). The van der Waals surface area contributed by atoms with E-state index in [4.69, 9.17) is 5.73 Å². The standard InChI is InChI=1S/C6H12N2O3.ClH/c1-4(11-5(2)9)8-6(10)3-7;/h4H,3,7H2,1-2H3,(H,8,10);1H. The summed E-state index contributed by atoms with van der Waals surface area (Å²) in [7, 11) is 0. The van der Waals surface area contributed by atoms with Gasteiger partial charge in [-0.3, -0.25) is 9.59 Å². The Morgan fingerprint density at radius 1 is 1.58 bits per heavy atom. The summed E-state index contributed by atoms with van der Waals surface area (Å²) in [5.74, 6) is -0.784. The number of carbonyl (C=O) groups is 2. The van der Waals surface area contributed by atoms with Crippen molar-refractivity contribution in [1.29, 1.82) is 0 Å². The third kappa shape index (κ3) is 7.30. The molecule has 72 valence electrons. The minimum Gasteiger partial charge on any atom is -0.442 e. The van der Waals surface area contributed by atoms with E-state index in [1.807, 2.05) is 0 Å². The molecule has 1 atom stereocenters. The molecule has 1 amide bonds. The minimum absolute atomic E-state index is 0. The number of esters is 1. The van der Waals surface area contributed by atoms with Gasteiger partial charge in [0.2, 0.25) is 5.91 Å². The summed E-state index contributed by atoms with van der Waals surface area (Å²) in [4.78, 5) is 20.9. The summed E-state index contributed by atoms with van der Waals surface area (Å²) in [6, 6.07) is 0. The quantitative estimate of drug-likeness (QED) is 0.466. The molecule has 5 nitrogen and oxygen atoms in total. The highest BCUT2D eigenvalue weighted by Gasteiger charge is 2.06. The zero-order chi connectivity index (χ0) is 8.85. The molecule has 0 spiro atoms. The highest BCUT2D eigenvalue weighted by atomic mass is 35.5. The molecule has 0 aromatic rings. The largest absolute Gasteiger partial charge is 0.442 e. The third-order valence-corrected chi connectivity index (χ3v) is 0.892. The van der Waals surface area contributed by atoms with Crippen molar-refractivity contribution in [3.05, 3.63) is 0 Å². The fourth-order valence-electron chi connectivity index (χ4n) is 0.564. The van der Waals surface area contributed by atoms with Crippen molar-refractivity contribution >= 4 is 24.3 Å². The molecular formula is C6H13ClN2O3. The van der Waals surface area contributed by atoms with E-state index in [1.165, 1.54) is 6.92 Å². The van der Waals surface area contributed by atoms with Gasteiger partial charge in [0.1, 0.15) is 0 Å². The Kier molecular flexibility index (Phi) is 7.88. The first-order chi connectivity index (χ1) is 5.06. The molecule has 1 unspecified atom stereocenters. The minimum atomic E-state index is -0.608. The zero-order valence-corrected chi connectivity index (χ0v) is 7.81. The van der Waals surface area contributed by atoms with Crippen molar-refractivity contribution in [1.82, 2.24) is 5.32 Å². The van der Waals surface area contributed by atoms with E-state index < -0.39 is 12.2 Å². The van der Waals surface area contributed by atoms with Crippen LogP contribution in [0, 0.1) is 0 Å². The fraction of sp³-hybridized carbons (Fsp3) is 0.667. The second-order valence-electron chi connectivity index (χ2n) is 2.02. The molecule has 0 saturated heterocycles. The van der Waals surface area contributed by atoms with Gasteiger partial charge in [-0.2, -0.15) is 0 Å². The highest BCUT2D eigenvalue weighted by molar-refractivity contribution is 5.85. The Balaban J connectivity index is 0. The average Bonchev–Trinajstić information content (AvgIpc) is 1.85. The summed E-state index contributed by atoms with van der Waals surface area (Å²) in [6.45, 7) is 2.71. The molecule has 3 N–H and O–H groups in total. The van der Waals surface area contributed by atoms with Gasteiger partial charge < -0.3 is 15.8 Å². The summed E-state index contributed by atoms with van der Waals surface area (Å²) >= 11 is 0. The van der Waals surface area contributed by atoms with E-state index in [0.717, 1.165) is 0 Å². The molecular weight excluding hydrogens is 184 g/mol. The van der Waals surface area contributed by atoms with Crippen LogP contribution in [0.3, 0.4) is 0 Å². The Labute approximate surface area is 77.0 Å². The van der Waals surface area contributed by atoms with Gasteiger partial charge in [-0.1, -0.05) is 0 Å². The summed E-state index contributed by atoms with van der Waals surface area (Å²) in [5, 5.41) is 2.35. The maximum absolute atomic E-state index is 10.6. The van der Waals surface area contributed by atoms with Gasteiger partial charge in [-0.25, -0.2) is 0 Å². The highest BCUT2D eigenvalue weighted by Crippen LogP contribution is 1.84. The number of halogens is 1. The monoisotopic (exact) mass is 196 g/mol. The Morgan fingerprint density at radius 2 is 2.08 bits per heavy atom. The smallest absolute Gasteiger partial charge is 0.304 e. The zero-order valence-electron chi connectivity index (χ0n) is 6.99. The summed E-state index contributed by atoms with van der Waals surface area (Å²) in [6.07, 6.45) is -0.608. The van der Waals surface area contributed by atoms with Crippen molar-refractivity contribution < 1.29 is 14.3 Å². The molecule has 6 heteroatoms. The van der Waals surface area contributed by atoms with Crippen molar-refractivity contribution in [2.45, 2.75) is 20.1 Å². The van der Waals surface area contributed by atoms with Crippen molar-refractivity contribution in [3.8, 4) is 0 Å². The SMILES string of the molecule is CC(=O)OC(C)NC(=O)CN.Cl. The van der Waals surface area contributed by atoms with Crippen LogP contribution in [-0.4, -0.2) is 24.6 Å². The second-order valence-corrected chi connectivity index (χ2v) is 2.02. The van der Waals surface area contributed by atoms with Crippen LogP contribution in [0.1, 0.15) is 13.8 Å². The normalized spacial score (nSPS) is 10.9. The van der Waals surface area contributed by atoms with Gasteiger partial charge in [0.15, 0.2) is 6.23 Å². The van der Waals surface area contributed by atoms with Gasteiger partial charge in [0.25, 0.3) is 0 Å². The van der Waals surface area contributed by atoms with Crippen molar-refractivity contribution in [2.24, 2.45) is 5.73 Å². The van der Waals surface area contributed by atoms with E-state index in [0.29, 0.717) is 0 Å². The van der Waals surface area contributed by atoms with Crippen LogP contribution in [-0.2, 0) is 14.3 Å². The molecule has 0 aliphatic heterocycles. The summed E-state index contributed by atoms with van der Waals surface area (Å²) < 4.78 is 4.60. The first-order valence-electron chi connectivity index (χ1n) is 3.23. The lowest BCUT2D eigenvalue weighted by Gasteiger charge is -2.12. The van der Waals surface area contributed by atoms with Crippen LogP contribution >= 0.6 is 12.4 Å². The molecule has 0 radical (unpaired) electrons. The van der Waals surface area contributed by atoms with E-state index in [-0.39, 0.29) is 24.9 Å². The van der Waals surface area contributed by atoms with E-state index in [9.17, 15) is 9.59 Å². The van der Waals surface area contributed by atoms with Gasteiger partial charge in [-0.05, 0) is 6.92 Å². The predicted molar refractivity (Wildman–Crippen MR) is 45.7 cm³/mol. The van der Waals surface area contributed by atoms with Crippen LogP contribution < -0.4 is 11.1 Å². The lowest BCUT2D eigenvalue weighted by molar-refractivity contribution is -0.148. The first-order valence-corrected chi connectivity index (χ1v) is 3.23. The van der Waals surface area contributed by atoms with Gasteiger partial charge in [0.05, 0.1) is 6.54 Å². The lowest BCUT2D eigenvalue weighted by Crippen LogP contribution is -2.39. The van der Waals surface area contributed by atoms with Crippen molar-refractivity contribution in [2.75, 3.05) is 6.54 Å². The van der Waals surface area contributed by atoms with Gasteiger partial charge in [-0.15, -0.1) is 12.4 Å². The fourth-order valence-corrected chi connectivity index (χ4v) is 0.564. The number of amides is 1. The molecule has 0 fully saturated rings. The average molecular weight is 197 g/mol. The Hall–Kier alpha value is -0.810. The number of nitrogens with one attached hydrogen (secondary N) is 1.